The maximum atomic E-state index is 10.9. The number of hydrogen-bond acceptors (Lipinski definition) is 4. The highest BCUT2D eigenvalue weighted by atomic mass is 16.4. The van der Waals surface area contributed by atoms with Crippen LogP contribution in [-0.4, -0.2) is 27.6 Å². The summed E-state index contributed by atoms with van der Waals surface area (Å²) in [4.78, 5) is 19.6. The molecule has 1 aromatic rings. The Morgan fingerprint density at radius 3 is 2.74 bits per heavy atom. The zero-order valence-electron chi connectivity index (χ0n) is 11.6. The Labute approximate surface area is 113 Å². The van der Waals surface area contributed by atoms with Crippen LogP contribution in [0.25, 0.3) is 0 Å². The van der Waals surface area contributed by atoms with E-state index in [0.29, 0.717) is 6.54 Å². The van der Waals surface area contributed by atoms with E-state index >= 15 is 0 Å². The van der Waals surface area contributed by atoms with E-state index in [2.05, 4.69) is 22.2 Å². The predicted molar refractivity (Wildman–Crippen MR) is 73.2 cm³/mol. The van der Waals surface area contributed by atoms with Gasteiger partial charge in [-0.1, -0.05) is 13.3 Å². The van der Waals surface area contributed by atoms with Gasteiger partial charge in [0, 0.05) is 18.3 Å². The summed E-state index contributed by atoms with van der Waals surface area (Å²) in [6, 6.07) is 1.94. The first kappa shape index (κ1) is 13.8. The van der Waals surface area contributed by atoms with Crippen LogP contribution in [-0.2, 0) is 11.2 Å². The number of hydrogen-bond donors (Lipinski definition) is 2. The number of aryl methyl sites for hydroxylation is 2. The van der Waals surface area contributed by atoms with Gasteiger partial charge in [-0.15, -0.1) is 0 Å². The summed E-state index contributed by atoms with van der Waals surface area (Å²) in [5, 5.41) is 12.3. The van der Waals surface area contributed by atoms with E-state index in [1.54, 1.807) is 0 Å². The number of aromatic nitrogens is 2. The lowest BCUT2D eigenvalue weighted by Gasteiger charge is -2.41. The Morgan fingerprint density at radius 1 is 1.47 bits per heavy atom. The lowest BCUT2D eigenvalue weighted by atomic mass is 9.66. The van der Waals surface area contributed by atoms with E-state index in [-0.39, 0.29) is 11.8 Å². The summed E-state index contributed by atoms with van der Waals surface area (Å²) in [7, 11) is 0. The molecule has 1 fully saturated rings. The number of rotatable bonds is 6. The SMILES string of the molecule is CCc1cc(NCC2(CC(=O)O)CCC2)nc(C)n1. The lowest BCUT2D eigenvalue weighted by Crippen LogP contribution is -2.38. The molecule has 2 rings (SSSR count). The molecule has 2 N–H and O–H groups in total. The lowest BCUT2D eigenvalue weighted by molar-refractivity contribution is -0.141. The molecule has 5 nitrogen and oxygen atoms in total. The average molecular weight is 263 g/mol. The molecule has 0 amide bonds. The van der Waals surface area contributed by atoms with Crippen molar-refractivity contribution in [3.8, 4) is 0 Å². The molecule has 0 saturated heterocycles. The van der Waals surface area contributed by atoms with Gasteiger partial charge in [-0.3, -0.25) is 4.79 Å². The first-order valence-corrected chi connectivity index (χ1v) is 6.83. The second kappa shape index (κ2) is 5.55. The van der Waals surface area contributed by atoms with E-state index in [1.807, 2.05) is 13.0 Å². The summed E-state index contributed by atoms with van der Waals surface area (Å²) in [6.45, 7) is 4.61. The monoisotopic (exact) mass is 263 g/mol. The highest BCUT2D eigenvalue weighted by Gasteiger charge is 2.38. The fourth-order valence-electron chi connectivity index (χ4n) is 2.59. The van der Waals surface area contributed by atoms with Crippen LogP contribution in [0.3, 0.4) is 0 Å². The summed E-state index contributed by atoms with van der Waals surface area (Å²) < 4.78 is 0. The number of carboxylic acids is 1. The van der Waals surface area contributed by atoms with Gasteiger partial charge in [0.2, 0.25) is 0 Å². The van der Waals surface area contributed by atoms with Gasteiger partial charge in [-0.2, -0.15) is 0 Å². The molecule has 0 aromatic carbocycles. The van der Waals surface area contributed by atoms with Crippen LogP contribution in [0.4, 0.5) is 5.82 Å². The standard InChI is InChI=1S/C14H21N3O2/c1-3-11-7-12(17-10(2)16-11)15-9-14(5-4-6-14)8-13(18)19/h7H,3-6,8-9H2,1-2H3,(H,18,19)(H,15,16,17). The van der Waals surface area contributed by atoms with Crippen LogP contribution >= 0.6 is 0 Å². The van der Waals surface area contributed by atoms with Crippen molar-refractivity contribution in [3.63, 3.8) is 0 Å². The highest BCUT2D eigenvalue weighted by Crippen LogP contribution is 2.43. The first-order chi connectivity index (χ1) is 9.03. The molecule has 1 aliphatic rings. The molecule has 0 unspecified atom stereocenters. The second-order valence-corrected chi connectivity index (χ2v) is 5.42. The molecular weight excluding hydrogens is 242 g/mol. The Bertz CT molecular complexity index is 470. The molecule has 0 aliphatic heterocycles. The van der Waals surface area contributed by atoms with Crippen molar-refractivity contribution in [2.45, 2.75) is 46.0 Å². The molecule has 104 valence electrons. The quantitative estimate of drug-likeness (QED) is 0.824. The van der Waals surface area contributed by atoms with E-state index < -0.39 is 5.97 Å². The molecule has 5 heteroatoms. The summed E-state index contributed by atoms with van der Waals surface area (Å²) in [5.41, 5.74) is 0.924. The molecule has 0 radical (unpaired) electrons. The first-order valence-electron chi connectivity index (χ1n) is 6.83. The number of carbonyl (C=O) groups is 1. The van der Waals surface area contributed by atoms with Crippen molar-refractivity contribution in [2.75, 3.05) is 11.9 Å². The number of anilines is 1. The zero-order chi connectivity index (χ0) is 13.9. The molecule has 1 aliphatic carbocycles. The van der Waals surface area contributed by atoms with Crippen LogP contribution in [0, 0.1) is 12.3 Å². The van der Waals surface area contributed by atoms with E-state index in [4.69, 9.17) is 5.11 Å². The van der Waals surface area contributed by atoms with Crippen LogP contribution in [0.2, 0.25) is 0 Å². The predicted octanol–water partition coefficient (Wildman–Crippen LogP) is 2.40. The third-order valence-corrected chi connectivity index (χ3v) is 3.84. The van der Waals surface area contributed by atoms with Crippen molar-refractivity contribution < 1.29 is 9.90 Å². The molecular formula is C14H21N3O2. The summed E-state index contributed by atoms with van der Waals surface area (Å²) in [6.07, 6.45) is 4.20. The fourth-order valence-corrected chi connectivity index (χ4v) is 2.59. The van der Waals surface area contributed by atoms with Crippen molar-refractivity contribution in [1.29, 1.82) is 0 Å². The van der Waals surface area contributed by atoms with Gasteiger partial charge in [-0.05, 0) is 31.6 Å². The maximum absolute atomic E-state index is 10.9. The normalized spacial score (nSPS) is 16.7. The van der Waals surface area contributed by atoms with Crippen LogP contribution in [0.5, 0.6) is 0 Å². The molecule has 0 bridgehead atoms. The van der Waals surface area contributed by atoms with Crippen LogP contribution in [0.1, 0.15) is 44.1 Å². The van der Waals surface area contributed by atoms with Crippen molar-refractivity contribution in [1.82, 2.24) is 9.97 Å². The summed E-state index contributed by atoms with van der Waals surface area (Å²) >= 11 is 0. The van der Waals surface area contributed by atoms with Crippen LogP contribution in [0.15, 0.2) is 6.07 Å². The summed E-state index contributed by atoms with van der Waals surface area (Å²) in [5.74, 6) is 0.846. The number of carboxylic acid groups (broad SMARTS) is 1. The molecule has 19 heavy (non-hydrogen) atoms. The minimum Gasteiger partial charge on any atom is -0.481 e. The maximum Gasteiger partial charge on any atom is 0.303 e. The molecule has 1 saturated carbocycles. The third kappa shape index (κ3) is 3.43. The van der Waals surface area contributed by atoms with E-state index in [9.17, 15) is 4.79 Å². The highest BCUT2D eigenvalue weighted by molar-refractivity contribution is 5.68. The van der Waals surface area contributed by atoms with Gasteiger partial charge >= 0.3 is 5.97 Å². The minimum atomic E-state index is -0.713. The topological polar surface area (TPSA) is 75.1 Å². The number of nitrogens with one attached hydrogen (secondary N) is 1. The minimum absolute atomic E-state index is 0.0862. The number of nitrogens with zero attached hydrogens (tertiary/aromatic N) is 2. The Hall–Kier alpha value is -1.65. The third-order valence-electron chi connectivity index (χ3n) is 3.84. The Morgan fingerprint density at radius 2 is 2.21 bits per heavy atom. The van der Waals surface area contributed by atoms with Gasteiger partial charge in [0.15, 0.2) is 0 Å². The molecule has 1 heterocycles. The molecule has 0 atom stereocenters. The molecule has 1 aromatic heterocycles. The Balaban J connectivity index is 2.01. The van der Waals surface area contributed by atoms with Crippen LogP contribution < -0.4 is 5.32 Å². The van der Waals surface area contributed by atoms with Crippen molar-refractivity contribution in [2.24, 2.45) is 5.41 Å². The van der Waals surface area contributed by atoms with Gasteiger partial charge in [-0.25, -0.2) is 9.97 Å². The van der Waals surface area contributed by atoms with Crippen molar-refractivity contribution in [3.05, 3.63) is 17.6 Å². The van der Waals surface area contributed by atoms with Gasteiger partial charge in [0.25, 0.3) is 0 Å². The fraction of sp³-hybridized carbons (Fsp3) is 0.643. The largest absolute Gasteiger partial charge is 0.481 e. The smallest absolute Gasteiger partial charge is 0.303 e. The van der Waals surface area contributed by atoms with E-state index in [0.717, 1.165) is 43.0 Å². The Kier molecular flexibility index (Phi) is 4.02. The molecule has 0 spiro atoms. The van der Waals surface area contributed by atoms with Gasteiger partial charge < -0.3 is 10.4 Å². The van der Waals surface area contributed by atoms with Crippen molar-refractivity contribution >= 4 is 11.8 Å². The zero-order valence-corrected chi connectivity index (χ0v) is 11.6. The number of aliphatic carboxylic acids is 1. The van der Waals surface area contributed by atoms with E-state index in [1.165, 1.54) is 0 Å². The average Bonchev–Trinajstić information content (AvgIpc) is 2.31. The van der Waals surface area contributed by atoms with Gasteiger partial charge in [0.1, 0.15) is 11.6 Å². The van der Waals surface area contributed by atoms with Gasteiger partial charge in [0.05, 0.1) is 6.42 Å². The second-order valence-electron chi connectivity index (χ2n) is 5.42.